The van der Waals surface area contributed by atoms with E-state index in [4.69, 9.17) is 16.3 Å². The first kappa shape index (κ1) is 17.8. The number of aromatic nitrogens is 6. The summed E-state index contributed by atoms with van der Waals surface area (Å²) in [7, 11) is 1.65. The number of hydrogen-bond donors (Lipinski definition) is 1. The average Bonchev–Trinajstić information content (AvgIpc) is 3.45. The second-order valence-corrected chi connectivity index (χ2v) is 7.89. The van der Waals surface area contributed by atoms with E-state index in [1.54, 1.807) is 11.6 Å². The molecule has 144 valence electrons. The SMILES string of the molecule is COc1ccc(-c2cc(-c3nnc4sc(Cc5ccc(Cl)cc5)nn34)[nH]n2)cc1. The first-order valence-electron chi connectivity index (χ1n) is 8.85. The molecule has 3 aromatic heterocycles. The van der Waals surface area contributed by atoms with E-state index < -0.39 is 0 Å². The van der Waals surface area contributed by atoms with Gasteiger partial charge < -0.3 is 4.74 Å². The van der Waals surface area contributed by atoms with Gasteiger partial charge in [0.1, 0.15) is 16.5 Å². The van der Waals surface area contributed by atoms with Crippen LogP contribution in [0.4, 0.5) is 0 Å². The molecule has 0 spiro atoms. The number of benzene rings is 2. The maximum absolute atomic E-state index is 5.96. The minimum atomic E-state index is 0.630. The predicted molar refractivity (Wildman–Crippen MR) is 112 cm³/mol. The number of ether oxygens (including phenoxy) is 1. The van der Waals surface area contributed by atoms with Crippen molar-refractivity contribution in [1.29, 1.82) is 0 Å². The van der Waals surface area contributed by atoms with Crippen molar-refractivity contribution in [3.05, 3.63) is 70.2 Å². The number of fused-ring (bicyclic) bond motifs is 1. The zero-order valence-electron chi connectivity index (χ0n) is 15.3. The lowest BCUT2D eigenvalue weighted by atomic mass is 10.1. The van der Waals surface area contributed by atoms with Gasteiger partial charge in [-0.1, -0.05) is 35.1 Å². The minimum Gasteiger partial charge on any atom is -0.497 e. The van der Waals surface area contributed by atoms with Crippen LogP contribution in [0.1, 0.15) is 10.6 Å². The molecule has 0 amide bonds. The topological polar surface area (TPSA) is 81.0 Å². The molecule has 0 aliphatic rings. The van der Waals surface area contributed by atoms with Gasteiger partial charge in [-0.3, -0.25) is 5.10 Å². The number of nitrogens with zero attached hydrogens (tertiary/aromatic N) is 5. The van der Waals surface area contributed by atoms with Crippen molar-refractivity contribution in [3.63, 3.8) is 0 Å². The molecule has 0 saturated heterocycles. The van der Waals surface area contributed by atoms with Crippen molar-refractivity contribution >= 4 is 27.9 Å². The number of H-pyrrole nitrogens is 1. The summed E-state index contributed by atoms with van der Waals surface area (Å²) < 4.78 is 6.96. The molecule has 0 saturated carbocycles. The summed E-state index contributed by atoms with van der Waals surface area (Å²) in [5, 5.41) is 22.3. The molecule has 0 bridgehead atoms. The summed E-state index contributed by atoms with van der Waals surface area (Å²) >= 11 is 7.48. The molecular formula is C20H15ClN6OS. The van der Waals surface area contributed by atoms with E-state index in [1.165, 1.54) is 11.3 Å². The molecule has 2 aromatic carbocycles. The Morgan fingerprint density at radius 1 is 1.07 bits per heavy atom. The number of nitrogens with one attached hydrogen (secondary N) is 1. The van der Waals surface area contributed by atoms with Crippen LogP contribution in [0.15, 0.2) is 54.6 Å². The van der Waals surface area contributed by atoms with Gasteiger partial charge >= 0.3 is 0 Å². The van der Waals surface area contributed by atoms with Crippen LogP contribution in [0.25, 0.3) is 27.7 Å². The summed E-state index contributed by atoms with van der Waals surface area (Å²) in [6, 6.07) is 17.4. The van der Waals surface area contributed by atoms with Gasteiger partial charge in [-0.2, -0.15) is 14.7 Å². The van der Waals surface area contributed by atoms with Crippen molar-refractivity contribution in [3.8, 4) is 28.5 Å². The molecule has 0 atom stereocenters. The van der Waals surface area contributed by atoms with Crippen molar-refractivity contribution in [2.45, 2.75) is 6.42 Å². The van der Waals surface area contributed by atoms with Crippen LogP contribution in [0.5, 0.6) is 5.75 Å². The molecule has 0 unspecified atom stereocenters. The van der Waals surface area contributed by atoms with Crippen LogP contribution in [0.3, 0.4) is 0 Å². The Hall–Kier alpha value is -3.23. The second kappa shape index (κ2) is 7.31. The first-order valence-corrected chi connectivity index (χ1v) is 10.0. The monoisotopic (exact) mass is 422 g/mol. The standard InChI is InChI=1S/C20H15ClN6OS/c1-28-15-8-4-13(5-9-15)16-11-17(23-22-16)19-24-25-20-27(19)26-18(29-20)10-12-2-6-14(21)7-3-12/h2-9,11H,10H2,1H3,(H,22,23). The lowest BCUT2D eigenvalue weighted by Gasteiger charge is -1.99. The largest absolute Gasteiger partial charge is 0.497 e. The summed E-state index contributed by atoms with van der Waals surface area (Å²) in [5.41, 5.74) is 3.70. The van der Waals surface area contributed by atoms with E-state index in [-0.39, 0.29) is 0 Å². The van der Waals surface area contributed by atoms with E-state index in [0.29, 0.717) is 12.2 Å². The van der Waals surface area contributed by atoms with E-state index in [9.17, 15) is 0 Å². The molecule has 0 radical (unpaired) electrons. The van der Waals surface area contributed by atoms with Gasteiger partial charge in [0.2, 0.25) is 10.8 Å². The second-order valence-electron chi connectivity index (χ2n) is 6.41. The fourth-order valence-corrected chi connectivity index (χ4v) is 4.01. The molecular weight excluding hydrogens is 408 g/mol. The van der Waals surface area contributed by atoms with Crippen LogP contribution in [-0.4, -0.2) is 37.1 Å². The Balaban J connectivity index is 1.43. The van der Waals surface area contributed by atoms with Crippen LogP contribution in [0, 0.1) is 0 Å². The normalized spacial score (nSPS) is 11.2. The fourth-order valence-electron chi connectivity index (χ4n) is 3.02. The molecule has 9 heteroatoms. The Labute approximate surface area is 175 Å². The van der Waals surface area contributed by atoms with Gasteiger partial charge in [0.15, 0.2) is 0 Å². The Morgan fingerprint density at radius 2 is 1.86 bits per heavy atom. The molecule has 7 nitrogen and oxygen atoms in total. The zero-order chi connectivity index (χ0) is 19.8. The van der Waals surface area contributed by atoms with Crippen molar-refractivity contribution in [2.24, 2.45) is 0 Å². The summed E-state index contributed by atoms with van der Waals surface area (Å²) in [4.78, 5) is 0.740. The molecule has 29 heavy (non-hydrogen) atoms. The molecule has 1 N–H and O–H groups in total. The minimum absolute atomic E-state index is 0.630. The van der Waals surface area contributed by atoms with E-state index >= 15 is 0 Å². The Bertz CT molecular complexity index is 1270. The maximum atomic E-state index is 5.96. The lowest BCUT2D eigenvalue weighted by Crippen LogP contribution is -1.93. The van der Waals surface area contributed by atoms with Gasteiger partial charge in [-0.05, 0) is 48.0 Å². The highest BCUT2D eigenvalue weighted by atomic mass is 35.5. The fraction of sp³-hybridized carbons (Fsp3) is 0.100. The van der Waals surface area contributed by atoms with Crippen molar-refractivity contribution in [1.82, 2.24) is 30.0 Å². The number of rotatable bonds is 5. The van der Waals surface area contributed by atoms with Gasteiger partial charge in [0.25, 0.3) is 0 Å². The van der Waals surface area contributed by atoms with Crippen LogP contribution in [0.2, 0.25) is 5.02 Å². The third-order valence-corrected chi connectivity index (χ3v) is 5.66. The smallest absolute Gasteiger partial charge is 0.235 e. The number of methoxy groups -OCH3 is 1. The number of halogens is 1. The summed E-state index contributed by atoms with van der Waals surface area (Å²) in [6.07, 6.45) is 0.713. The van der Waals surface area contributed by atoms with E-state index in [2.05, 4.69) is 25.5 Å². The highest BCUT2D eigenvalue weighted by Gasteiger charge is 2.16. The zero-order valence-corrected chi connectivity index (χ0v) is 16.9. The highest BCUT2D eigenvalue weighted by molar-refractivity contribution is 7.16. The third kappa shape index (κ3) is 3.48. The number of hydrogen-bond acceptors (Lipinski definition) is 6. The molecule has 0 aliphatic heterocycles. The quantitative estimate of drug-likeness (QED) is 0.451. The van der Waals surface area contributed by atoms with E-state index in [1.807, 2.05) is 54.6 Å². The first-order chi connectivity index (χ1) is 14.2. The molecule has 0 fully saturated rings. The van der Waals surface area contributed by atoms with Gasteiger partial charge in [-0.25, -0.2) is 0 Å². The third-order valence-electron chi connectivity index (χ3n) is 4.51. The van der Waals surface area contributed by atoms with Gasteiger partial charge in [0.05, 0.1) is 12.8 Å². The van der Waals surface area contributed by atoms with Gasteiger partial charge in [-0.15, -0.1) is 10.2 Å². The van der Waals surface area contributed by atoms with Gasteiger partial charge in [0, 0.05) is 17.0 Å². The van der Waals surface area contributed by atoms with Crippen LogP contribution in [-0.2, 0) is 6.42 Å². The van der Waals surface area contributed by atoms with Crippen molar-refractivity contribution in [2.75, 3.05) is 7.11 Å². The lowest BCUT2D eigenvalue weighted by molar-refractivity contribution is 0.415. The average molecular weight is 423 g/mol. The predicted octanol–water partition coefficient (Wildman–Crippen LogP) is 4.50. The van der Waals surface area contributed by atoms with Crippen LogP contribution >= 0.6 is 22.9 Å². The molecule has 5 rings (SSSR count). The van der Waals surface area contributed by atoms with E-state index in [0.717, 1.165) is 43.3 Å². The summed E-state index contributed by atoms with van der Waals surface area (Å²) in [6.45, 7) is 0. The highest BCUT2D eigenvalue weighted by Crippen LogP contribution is 2.26. The molecule has 5 aromatic rings. The number of aromatic amines is 1. The molecule has 0 aliphatic carbocycles. The Morgan fingerprint density at radius 3 is 2.62 bits per heavy atom. The maximum Gasteiger partial charge on any atom is 0.235 e. The van der Waals surface area contributed by atoms with Crippen LogP contribution < -0.4 is 4.74 Å². The summed E-state index contributed by atoms with van der Waals surface area (Å²) in [5.74, 6) is 1.44. The Kier molecular flexibility index (Phi) is 4.49. The molecule has 3 heterocycles. The van der Waals surface area contributed by atoms with Crippen molar-refractivity contribution < 1.29 is 4.74 Å².